The summed E-state index contributed by atoms with van der Waals surface area (Å²) in [5.41, 5.74) is 0. The number of hydrogen-bond donors (Lipinski definition) is 1. The molecule has 1 N–H and O–H groups in total. The van der Waals surface area contributed by atoms with Gasteiger partial charge in [-0.15, -0.1) is 24.0 Å². The van der Waals surface area contributed by atoms with E-state index in [0.717, 1.165) is 52.0 Å². The molecule has 0 radical (unpaired) electrons. The van der Waals surface area contributed by atoms with Gasteiger partial charge < -0.3 is 19.8 Å². The molecule has 0 amide bonds. The van der Waals surface area contributed by atoms with Gasteiger partial charge in [0.2, 0.25) is 0 Å². The van der Waals surface area contributed by atoms with E-state index < -0.39 is 15.5 Å². The maximum atomic E-state index is 11.9. The Bertz CT molecular complexity index is 933. The normalized spacial score (nSPS) is 26.8. The van der Waals surface area contributed by atoms with Gasteiger partial charge >= 0.3 is 56.5 Å². The Morgan fingerprint density at radius 2 is 1.07 bits per heavy atom. The standard InChI is InChI=1S/C11H21NO2S.C10H19NO.C8H15NO2.I3.I2.HI/c1-5-9-6-12(2)7-10(9)11(13)8-15(3,4)14;1-4-8-6-11(3)7-9(8)10(12)5-2;1-3-6-4-9(2)5-7(6)8(10)11;1-3-2;1-2;/h8-10H,5-7H2,1-4H3;8-9H,4-7H2,1-3H3;6-7H,3-5H2,1-2H3,(H,10,11);;;1H/q;;;-1;;/t9-,10?;8-,9+;6-,7+;;;/m111.../s1. The van der Waals surface area contributed by atoms with Crippen LogP contribution in [0, 0.1) is 35.5 Å². The number of aliphatic carboxylic acids is 1. The Morgan fingerprint density at radius 1 is 0.750 bits per heavy atom. The van der Waals surface area contributed by atoms with Gasteiger partial charge in [-0.3, -0.25) is 18.6 Å². The zero-order chi connectivity index (χ0) is 33.9. The molecule has 6 atom stereocenters. The predicted octanol–water partition coefficient (Wildman–Crippen LogP) is 3.87. The first-order valence-electron chi connectivity index (χ1n) is 14.7. The SMILES string of the molecule is CCC(=O)[C@H]1CN(C)C[C@H]1CC.CC[C@@H]1CN(C)CC1C(=O)C=S(C)(C)=O.CC[C@@H]1CN(C)C[C@@H]1C(=O)O.I.II.I[I-]I. The summed E-state index contributed by atoms with van der Waals surface area (Å²) in [6, 6.07) is 0. The van der Waals surface area contributed by atoms with Crippen molar-refractivity contribution >= 4 is 131 Å². The van der Waals surface area contributed by atoms with Crippen molar-refractivity contribution < 1.29 is 37.0 Å². The summed E-state index contributed by atoms with van der Waals surface area (Å²) in [4.78, 5) is 40.6. The number of halogens is 6. The second kappa shape index (κ2) is 28.8. The summed E-state index contributed by atoms with van der Waals surface area (Å²) in [5, 5.41) is 10.2. The summed E-state index contributed by atoms with van der Waals surface area (Å²) in [6.45, 7) is 13.8. The van der Waals surface area contributed by atoms with Crippen LogP contribution >= 0.6 is 98.4 Å². The van der Waals surface area contributed by atoms with Gasteiger partial charge in [0, 0.05) is 113 Å². The molecule has 0 aliphatic carbocycles. The average Bonchev–Trinajstić information content (AvgIpc) is 3.64. The Balaban J connectivity index is -0.000000532. The number of carboxylic acid groups (broad SMARTS) is 1. The number of carbonyl (C=O) groups is 3. The van der Waals surface area contributed by atoms with E-state index in [9.17, 15) is 18.6 Å². The van der Waals surface area contributed by atoms with Crippen molar-refractivity contribution in [1.82, 2.24) is 14.7 Å². The van der Waals surface area contributed by atoms with Gasteiger partial charge in [0.05, 0.1) is 5.92 Å². The molecule has 266 valence electrons. The Labute approximate surface area is 339 Å². The third-order valence-corrected chi connectivity index (χ3v) is 9.09. The second-order valence-electron chi connectivity index (χ2n) is 12.0. The van der Waals surface area contributed by atoms with Crippen molar-refractivity contribution in [2.24, 2.45) is 35.5 Å². The number of likely N-dealkylation sites (tertiary alicyclic amines) is 3. The van der Waals surface area contributed by atoms with Crippen LogP contribution in [0.5, 0.6) is 0 Å². The Kier molecular flexibility index (Phi) is 33.6. The maximum absolute atomic E-state index is 11.9. The number of Topliss-reactive ketones (excluding diaryl/α,β-unsaturated/α-hetero) is 2. The number of hydrogen-bond acceptors (Lipinski definition) is 7. The van der Waals surface area contributed by atoms with Crippen molar-refractivity contribution in [3.05, 3.63) is 0 Å². The predicted molar refractivity (Wildman–Crippen MR) is 230 cm³/mol. The zero-order valence-electron chi connectivity index (χ0n) is 27.7. The van der Waals surface area contributed by atoms with Crippen LogP contribution in [-0.2, 0) is 23.9 Å². The first kappa shape index (κ1) is 51.5. The van der Waals surface area contributed by atoms with Gasteiger partial charge in [-0.05, 0) is 48.4 Å². The molecule has 3 saturated heterocycles. The average molecular weight is 1320 g/mol. The van der Waals surface area contributed by atoms with Crippen LogP contribution in [0.3, 0.4) is 0 Å². The molecule has 0 saturated carbocycles. The molecule has 0 aromatic heterocycles. The summed E-state index contributed by atoms with van der Waals surface area (Å²) in [7, 11) is 4.06. The summed E-state index contributed by atoms with van der Waals surface area (Å²) >= 11 is 9.54. The molecule has 0 bridgehead atoms. The fourth-order valence-electron chi connectivity index (χ4n) is 6.10. The molecular formula is C29H56I6N3O5S-. The number of rotatable bonds is 8. The van der Waals surface area contributed by atoms with Gasteiger partial charge in [0.1, 0.15) is 5.78 Å². The molecule has 15 heteroatoms. The first-order valence-corrected chi connectivity index (χ1v) is 36.0. The molecule has 8 nitrogen and oxygen atoms in total. The number of carbonyl (C=O) groups excluding carboxylic acids is 2. The molecular weight excluding hydrogens is 1260 g/mol. The molecule has 0 aromatic rings. The van der Waals surface area contributed by atoms with Crippen molar-refractivity contribution in [2.45, 2.75) is 53.4 Å². The summed E-state index contributed by atoms with van der Waals surface area (Å²) in [6.07, 6.45) is 7.06. The van der Waals surface area contributed by atoms with Crippen LogP contribution in [-0.4, -0.2) is 120 Å². The van der Waals surface area contributed by atoms with Crippen molar-refractivity contribution in [2.75, 3.05) is 72.9 Å². The van der Waals surface area contributed by atoms with Crippen LogP contribution in [0.1, 0.15) is 53.4 Å². The fraction of sp³-hybridized carbons (Fsp3) is 0.862. The quantitative estimate of drug-likeness (QED) is 0.290. The van der Waals surface area contributed by atoms with Crippen molar-refractivity contribution in [3.8, 4) is 0 Å². The molecule has 1 unspecified atom stereocenters. The van der Waals surface area contributed by atoms with E-state index in [2.05, 4.69) is 117 Å². The topological polar surface area (TPSA) is 98.2 Å². The third kappa shape index (κ3) is 21.3. The minimum absolute atomic E-state index is 0. The number of nitrogens with zero attached hydrogens (tertiary/aromatic N) is 3. The molecule has 0 spiro atoms. The Hall–Kier alpha value is 3.09. The van der Waals surface area contributed by atoms with E-state index in [-0.39, 0.29) is 41.6 Å². The summed E-state index contributed by atoms with van der Waals surface area (Å²) in [5.74, 6) is 1.53. The molecule has 3 rings (SSSR count). The molecule has 3 heterocycles. The first-order chi connectivity index (χ1) is 20.1. The van der Waals surface area contributed by atoms with Crippen LogP contribution in [0.25, 0.3) is 0 Å². The number of ketones is 2. The van der Waals surface area contributed by atoms with E-state index in [1.165, 1.54) is 5.37 Å². The van der Waals surface area contributed by atoms with Crippen LogP contribution in [0.2, 0.25) is 0 Å². The fourth-order valence-corrected chi connectivity index (χ4v) is 6.83. The van der Waals surface area contributed by atoms with Crippen LogP contribution < -0.4 is 13.3 Å². The van der Waals surface area contributed by atoms with E-state index in [0.29, 0.717) is 55.7 Å². The van der Waals surface area contributed by atoms with E-state index in [1.54, 1.807) is 12.5 Å². The van der Waals surface area contributed by atoms with Gasteiger partial charge in [-0.2, -0.15) is 0 Å². The van der Waals surface area contributed by atoms with Gasteiger partial charge in [0.25, 0.3) is 0 Å². The molecule has 3 fully saturated rings. The van der Waals surface area contributed by atoms with Gasteiger partial charge in [-0.25, -0.2) is 0 Å². The van der Waals surface area contributed by atoms with E-state index in [4.69, 9.17) is 5.11 Å². The van der Waals surface area contributed by atoms with E-state index >= 15 is 0 Å². The monoisotopic (exact) mass is 1320 g/mol. The van der Waals surface area contributed by atoms with Gasteiger partial charge in [-0.1, -0.05) is 47.0 Å². The number of carboxylic acids is 1. The van der Waals surface area contributed by atoms with Crippen molar-refractivity contribution in [1.29, 1.82) is 0 Å². The molecule has 0 aromatic carbocycles. The van der Waals surface area contributed by atoms with Crippen molar-refractivity contribution in [3.63, 3.8) is 0 Å². The Morgan fingerprint density at radius 3 is 1.36 bits per heavy atom. The van der Waals surface area contributed by atoms with E-state index in [1.807, 2.05) is 21.0 Å². The van der Waals surface area contributed by atoms with Crippen LogP contribution in [0.4, 0.5) is 0 Å². The second-order valence-corrected chi connectivity index (χ2v) is 31.1. The molecule has 3 aliphatic rings. The third-order valence-electron chi connectivity index (χ3n) is 8.29. The van der Waals surface area contributed by atoms with Crippen LogP contribution in [0.15, 0.2) is 0 Å². The molecule has 44 heavy (non-hydrogen) atoms. The van der Waals surface area contributed by atoms with Gasteiger partial charge in [0.15, 0.2) is 5.78 Å². The molecule has 3 aliphatic heterocycles. The summed E-state index contributed by atoms with van der Waals surface area (Å²) < 4.78 is 11.5. The zero-order valence-corrected chi connectivity index (χ0v) is 41.7. The minimum atomic E-state index is -2.05.